The molecule has 0 saturated carbocycles. The van der Waals surface area contributed by atoms with Crippen molar-refractivity contribution in [2.45, 2.75) is 18.2 Å². The maximum atomic E-state index is 12.9. The maximum absolute atomic E-state index is 12.9. The highest BCUT2D eigenvalue weighted by Gasteiger charge is 2.22. The van der Waals surface area contributed by atoms with Crippen LogP contribution in [0, 0.1) is 3.57 Å². The molecular weight excluding hydrogens is 411 g/mol. The van der Waals surface area contributed by atoms with Gasteiger partial charge in [0.15, 0.2) is 0 Å². The van der Waals surface area contributed by atoms with Gasteiger partial charge in [0.1, 0.15) is 0 Å². The van der Waals surface area contributed by atoms with Gasteiger partial charge in [0.05, 0.1) is 24.8 Å². The van der Waals surface area contributed by atoms with Crippen LogP contribution in [0.3, 0.4) is 0 Å². The lowest BCUT2D eigenvalue weighted by Gasteiger charge is -2.12. The van der Waals surface area contributed by atoms with E-state index >= 15 is 0 Å². The standard InChI is InChI=1S/C10H9BrF2INO2/c1-17-7(16)2-6-8(10(12)13)9(14)5(3-11)4-15-6/h4,10H,2-3H2,1H3. The molecule has 1 rings (SSSR count). The number of methoxy groups -OCH3 is 1. The monoisotopic (exact) mass is 419 g/mol. The first-order valence-electron chi connectivity index (χ1n) is 4.58. The molecule has 0 atom stereocenters. The number of carbonyl (C=O) groups excluding carboxylic acids is 1. The highest BCUT2D eigenvalue weighted by atomic mass is 127. The Morgan fingerprint density at radius 1 is 1.65 bits per heavy atom. The topological polar surface area (TPSA) is 39.2 Å². The van der Waals surface area contributed by atoms with Gasteiger partial charge >= 0.3 is 5.97 Å². The molecule has 17 heavy (non-hydrogen) atoms. The summed E-state index contributed by atoms with van der Waals surface area (Å²) in [7, 11) is 1.21. The Labute approximate surface area is 119 Å². The van der Waals surface area contributed by atoms with Crippen molar-refractivity contribution >= 4 is 44.5 Å². The number of hydrogen-bond donors (Lipinski definition) is 0. The van der Waals surface area contributed by atoms with Gasteiger partial charge < -0.3 is 4.74 Å². The SMILES string of the molecule is COC(=O)Cc1ncc(CBr)c(I)c1C(F)F. The van der Waals surface area contributed by atoms with Crippen LogP contribution in [0.4, 0.5) is 8.78 Å². The number of halogens is 4. The van der Waals surface area contributed by atoms with E-state index in [1.807, 2.05) is 22.6 Å². The molecule has 0 amide bonds. The minimum absolute atomic E-state index is 0.0703. The van der Waals surface area contributed by atoms with E-state index in [0.29, 0.717) is 14.5 Å². The van der Waals surface area contributed by atoms with Gasteiger partial charge in [-0.3, -0.25) is 9.78 Å². The van der Waals surface area contributed by atoms with Crippen LogP contribution in [-0.2, 0) is 21.3 Å². The van der Waals surface area contributed by atoms with E-state index in [1.165, 1.54) is 13.3 Å². The molecule has 1 aromatic heterocycles. The van der Waals surface area contributed by atoms with Crippen LogP contribution in [0.2, 0.25) is 0 Å². The zero-order valence-corrected chi connectivity index (χ0v) is 12.6. The van der Waals surface area contributed by atoms with Crippen LogP contribution >= 0.6 is 38.5 Å². The molecule has 7 heteroatoms. The van der Waals surface area contributed by atoms with Gasteiger partial charge in [0.2, 0.25) is 0 Å². The first-order valence-corrected chi connectivity index (χ1v) is 6.78. The van der Waals surface area contributed by atoms with Crippen molar-refractivity contribution in [2.24, 2.45) is 0 Å². The molecule has 3 nitrogen and oxygen atoms in total. The van der Waals surface area contributed by atoms with Crippen molar-refractivity contribution in [3.8, 4) is 0 Å². The Hall–Kier alpha value is -0.310. The number of nitrogens with zero attached hydrogens (tertiary/aromatic N) is 1. The Bertz CT molecular complexity index is 429. The van der Waals surface area contributed by atoms with Gasteiger partial charge in [-0.25, -0.2) is 8.78 Å². The predicted octanol–water partition coefficient (Wildman–Crippen LogP) is 3.23. The van der Waals surface area contributed by atoms with E-state index in [4.69, 9.17) is 0 Å². The average molecular weight is 420 g/mol. The summed E-state index contributed by atoms with van der Waals surface area (Å²) in [4.78, 5) is 15.0. The second-order valence-corrected chi connectivity index (χ2v) is 4.78. The Kier molecular flexibility index (Phi) is 5.71. The smallest absolute Gasteiger partial charge is 0.311 e. The molecule has 0 aliphatic carbocycles. The number of rotatable bonds is 4. The third-order valence-corrected chi connectivity index (χ3v) is 3.99. The van der Waals surface area contributed by atoms with Gasteiger partial charge in [-0.2, -0.15) is 0 Å². The van der Waals surface area contributed by atoms with Crippen molar-refractivity contribution in [2.75, 3.05) is 7.11 Å². The fraction of sp³-hybridized carbons (Fsp3) is 0.400. The average Bonchev–Trinajstić information content (AvgIpc) is 2.28. The van der Waals surface area contributed by atoms with E-state index in [2.05, 4.69) is 25.7 Å². The van der Waals surface area contributed by atoms with Crippen molar-refractivity contribution < 1.29 is 18.3 Å². The third-order valence-electron chi connectivity index (χ3n) is 2.11. The summed E-state index contributed by atoms with van der Waals surface area (Å²) in [6, 6.07) is 0. The number of alkyl halides is 3. The summed E-state index contributed by atoms with van der Waals surface area (Å²) in [6.07, 6.45) is -1.41. The summed E-state index contributed by atoms with van der Waals surface area (Å²) in [5.74, 6) is -0.582. The van der Waals surface area contributed by atoms with E-state index in [1.54, 1.807) is 0 Å². The van der Waals surface area contributed by atoms with Crippen molar-refractivity contribution in [1.82, 2.24) is 4.98 Å². The summed E-state index contributed by atoms with van der Waals surface area (Å²) in [6.45, 7) is 0. The largest absolute Gasteiger partial charge is 0.469 e. The van der Waals surface area contributed by atoms with Gasteiger partial charge in [-0.1, -0.05) is 15.9 Å². The molecule has 0 N–H and O–H groups in total. The highest BCUT2D eigenvalue weighted by molar-refractivity contribution is 14.1. The summed E-state index contributed by atoms with van der Waals surface area (Å²) in [5.41, 5.74) is 0.559. The second kappa shape index (κ2) is 6.58. The quantitative estimate of drug-likeness (QED) is 0.427. The van der Waals surface area contributed by atoms with Crippen molar-refractivity contribution in [3.05, 3.63) is 26.6 Å². The van der Waals surface area contributed by atoms with Crippen LogP contribution in [0.15, 0.2) is 6.20 Å². The van der Waals surface area contributed by atoms with Gasteiger partial charge in [0.25, 0.3) is 6.43 Å². The van der Waals surface area contributed by atoms with E-state index < -0.39 is 12.4 Å². The summed E-state index contributed by atoms with van der Waals surface area (Å²) >= 11 is 5.04. The normalized spacial score (nSPS) is 10.7. The Morgan fingerprint density at radius 3 is 2.76 bits per heavy atom. The Morgan fingerprint density at radius 2 is 2.29 bits per heavy atom. The summed E-state index contributed by atoms with van der Waals surface area (Å²) < 4.78 is 30.8. The van der Waals surface area contributed by atoms with Crippen LogP contribution in [0.5, 0.6) is 0 Å². The van der Waals surface area contributed by atoms with Crippen LogP contribution in [0.25, 0.3) is 0 Å². The highest BCUT2D eigenvalue weighted by Crippen LogP contribution is 2.30. The molecule has 0 unspecified atom stereocenters. The molecule has 1 aromatic rings. The van der Waals surface area contributed by atoms with Gasteiger partial charge in [0, 0.05) is 15.1 Å². The molecule has 0 spiro atoms. The molecular formula is C10H9BrF2INO2. The Balaban J connectivity index is 3.21. The number of hydrogen-bond acceptors (Lipinski definition) is 3. The molecule has 0 aliphatic heterocycles. The molecule has 0 aliphatic rings. The van der Waals surface area contributed by atoms with E-state index in [9.17, 15) is 13.6 Å². The van der Waals surface area contributed by atoms with Crippen molar-refractivity contribution in [1.29, 1.82) is 0 Å². The number of pyridine rings is 1. The number of esters is 1. The van der Waals surface area contributed by atoms with Crippen LogP contribution < -0.4 is 0 Å². The molecule has 0 bridgehead atoms. The molecule has 0 aromatic carbocycles. The van der Waals surface area contributed by atoms with E-state index in [-0.39, 0.29) is 17.7 Å². The minimum Gasteiger partial charge on any atom is -0.469 e. The molecule has 1 heterocycles. The fourth-order valence-electron chi connectivity index (χ4n) is 1.25. The zero-order valence-electron chi connectivity index (χ0n) is 8.84. The van der Waals surface area contributed by atoms with Crippen LogP contribution in [0.1, 0.15) is 23.2 Å². The van der Waals surface area contributed by atoms with E-state index in [0.717, 1.165) is 0 Å². The first kappa shape index (κ1) is 14.7. The second-order valence-electron chi connectivity index (χ2n) is 3.15. The van der Waals surface area contributed by atoms with Gasteiger partial charge in [-0.15, -0.1) is 0 Å². The minimum atomic E-state index is -2.66. The molecule has 0 radical (unpaired) electrons. The van der Waals surface area contributed by atoms with Crippen molar-refractivity contribution in [3.63, 3.8) is 0 Å². The number of ether oxygens (including phenoxy) is 1. The third kappa shape index (κ3) is 3.57. The molecule has 0 saturated heterocycles. The van der Waals surface area contributed by atoms with Gasteiger partial charge in [-0.05, 0) is 28.2 Å². The lowest BCUT2D eigenvalue weighted by Crippen LogP contribution is -2.11. The molecule has 0 fully saturated rings. The molecule has 94 valence electrons. The lowest BCUT2D eigenvalue weighted by molar-refractivity contribution is -0.139. The lowest BCUT2D eigenvalue weighted by atomic mass is 10.1. The zero-order chi connectivity index (χ0) is 13.0. The summed E-state index contributed by atoms with van der Waals surface area (Å²) in [5, 5.41) is 0.441. The number of aromatic nitrogens is 1. The first-order chi connectivity index (χ1) is 8.01. The fourth-order valence-corrected chi connectivity index (χ4v) is 3.07. The van der Waals surface area contributed by atoms with Crippen LogP contribution in [-0.4, -0.2) is 18.1 Å². The maximum Gasteiger partial charge on any atom is 0.311 e. The number of carbonyl (C=O) groups is 1. The predicted molar refractivity (Wildman–Crippen MR) is 70.3 cm³/mol.